The third-order valence-electron chi connectivity index (χ3n) is 3.61. The van der Waals surface area contributed by atoms with Crippen LogP contribution in [-0.2, 0) is 0 Å². The van der Waals surface area contributed by atoms with Crippen LogP contribution in [0.2, 0.25) is 0 Å². The summed E-state index contributed by atoms with van der Waals surface area (Å²) in [6.45, 7) is 3.79. The Morgan fingerprint density at radius 3 is 2.50 bits per heavy atom. The average molecular weight is 428 g/mol. The molecule has 0 bridgehead atoms. The summed E-state index contributed by atoms with van der Waals surface area (Å²) in [6.07, 6.45) is 0. The van der Waals surface area contributed by atoms with Crippen LogP contribution in [0.4, 0.5) is 4.39 Å². The standard InChI is InChI=1S/C15H16BrFN2S.2ClH/c16-12-4-1-3-11(14(12)17)15(13-5-2-10-20-13)19-8-6-18-7-9-19;;/h1-5,10,15,18H,6-9H2;2*1H/t15-;;/m0../s1. The number of benzene rings is 1. The highest BCUT2D eigenvalue weighted by atomic mass is 79.9. The summed E-state index contributed by atoms with van der Waals surface area (Å²) in [4.78, 5) is 3.55. The van der Waals surface area contributed by atoms with Gasteiger partial charge >= 0.3 is 0 Å². The molecule has 0 aliphatic carbocycles. The number of nitrogens with zero attached hydrogens (tertiary/aromatic N) is 1. The minimum absolute atomic E-state index is 0. The van der Waals surface area contributed by atoms with Gasteiger partial charge in [0.25, 0.3) is 0 Å². The summed E-state index contributed by atoms with van der Waals surface area (Å²) < 4.78 is 15.0. The Labute approximate surface area is 155 Å². The van der Waals surface area contributed by atoms with Gasteiger partial charge in [0.2, 0.25) is 0 Å². The second-order valence-electron chi connectivity index (χ2n) is 4.85. The fourth-order valence-electron chi connectivity index (χ4n) is 2.65. The van der Waals surface area contributed by atoms with Crippen molar-refractivity contribution >= 4 is 52.1 Å². The highest BCUT2D eigenvalue weighted by Crippen LogP contribution is 2.35. The van der Waals surface area contributed by atoms with Gasteiger partial charge in [0, 0.05) is 36.6 Å². The van der Waals surface area contributed by atoms with E-state index in [1.807, 2.05) is 18.2 Å². The first-order chi connectivity index (χ1) is 9.77. The minimum Gasteiger partial charge on any atom is -0.314 e. The molecule has 1 aromatic heterocycles. The van der Waals surface area contributed by atoms with Gasteiger partial charge in [-0.05, 0) is 33.4 Å². The summed E-state index contributed by atoms with van der Waals surface area (Å²) in [6, 6.07) is 9.69. The third kappa shape index (κ3) is 4.22. The predicted octanol–water partition coefficient (Wildman–Crippen LogP) is 4.49. The van der Waals surface area contributed by atoms with E-state index in [9.17, 15) is 4.39 Å². The number of nitrogens with one attached hydrogen (secondary N) is 1. The number of hydrogen-bond donors (Lipinski definition) is 1. The van der Waals surface area contributed by atoms with Crippen LogP contribution < -0.4 is 5.32 Å². The van der Waals surface area contributed by atoms with E-state index in [1.165, 1.54) is 4.88 Å². The molecule has 1 aromatic carbocycles. The second-order valence-corrected chi connectivity index (χ2v) is 6.68. The van der Waals surface area contributed by atoms with E-state index in [1.54, 1.807) is 17.4 Å². The zero-order valence-electron chi connectivity index (χ0n) is 11.8. The molecule has 1 atom stereocenters. The van der Waals surface area contributed by atoms with Gasteiger partial charge in [-0.1, -0.05) is 18.2 Å². The smallest absolute Gasteiger partial charge is 0.142 e. The van der Waals surface area contributed by atoms with Crippen LogP contribution in [0.5, 0.6) is 0 Å². The normalized spacial score (nSPS) is 16.5. The molecule has 1 aliphatic rings. The molecule has 0 unspecified atom stereocenters. The maximum Gasteiger partial charge on any atom is 0.142 e. The summed E-state index contributed by atoms with van der Waals surface area (Å²) in [5.41, 5.74) is 0.753. The zero-order chi connectivity index (χ0) is 13.9. The molecule has 0 amide bonds. The third-order valence-corrected chi connectivity index (χ3v) is 5.14. The van der Waals surface area contributed by atoms with Crippen molar-refractivity contribution < 1.29 is 4.39 Å². The maximum atomic E-state index is 14.5. The lowest BCUT2D eigenvalue weighted by atomic mass is 10.0. The predicted molar refractivity (Wildman–Crippen MR) is 99.2 cm³/mol. The molecular formula is C15H18BrCl2FN2S. The molecule has 0 saturated carbocycles. The number of halogens is 4. The van der Waals surface area contributed by atoms with Gasteiger partial charge in [0.05, 0.1) is 10.5 Å². The van der Waals surface area contributed by atoms with Crippen LogP contribution in [0.3, 0.4) is 0 Å². The molecule has 3 rings (SSSR count). The lowest BCUT2D eigenvalue weighted by Gasteiger charge is -2.35. The molecule has 22 heavy (non-hydrogen) atoms. The molecule has 2 nitrogen and oxygen atoms in total. The largest absolute Gasteiger partial charge is 0.314 e. The van der Waals surface area contributed by atoms with Gasteiger partial charge in [-0.3, -0.25) is 4.90 Å². The van der Waals surface area contributed by atoms with Gasteiger partial charge in [0.15, 0.2) is 0 Å². The van der Waals surface area contributed by atoms with Crippen molar-refractivity contribution in [3.05, 3.63) is 56.4 Å². The van der Waals surface area contributed by atoms with E-state index in [-0.39, 0.29) is 36.7 Å². The molecule has 0 radical (unpaired) electrons. The van der Waals surface area contributed by atoms with Crippen molar-refractivity contribution in [2.75, 3.05) is 26.2 Å². The average Bonchev–Trinajstić information content (AvgIpc) is 2.99. The fourth-order valence-corrected chi connectivity index (χ4v) is 3.91. The quantitative estimate of drug-likeness (QED) is 0.776. The minimum atomic E-state index is -0.149. The Morgan fingerprint density at radius 1 is 1.14 bits per heavy atom. The van der Waals surface area contributed by atoms with Crippen LogP contribution in [0, 0.1) is 5.82 Å². The second kappa shape index (κ2) is 9.21. The van der Waals surface area contributed by atoms with Crippen LogP contribution >= 0.6 is 52.1 Å². The van der Waals surface area contributed by atoms with Crippen molar-refractivity contribution in [3.8, 4) is 0 Å². The summed E-state index contributed by atoms with van der Waals surface area (Å²) in [7, 11) is 0. The van der Waals surface area contributed by atoms with Crippen LogP contribution in [0.25, 0.3) is 0 Å². The van der Waals surface area contributed by atoms with Gasteiger partial charge < -0.3 is 5.32 Å². The van der Waals surface area contributed by atoms with E-state index < -0.39 is 0 Å². The molecule has 7 heteroatoms. The van der Waals surface area contributed by atoms with Gasteiger partial charge in [0.1, 0.15) is 5.82 Å². The first-order valence-corrected chi connectivity index (χ1v) is 8.36. The van der Waals surface area contributed by atoms with E-state index in [0.29, 0.717) is 4.47 Å². The van der Waals surface area contributed by atoms with E-state index in [0.717, 1.165) is 31.7 Å². The maximum absolute atomic E-state index is 14.5. The highest BCUT2D eigenvalue weighted by Gasteiger charge is 2.27. The molecule has 1 N–H and O–H groups in total. The van der Waals surface area contributed by atoms with Crippen molar-refractivity contribution in [2.45, 2.75) is 6.04 Å². The van der Waals surface area contributed by atoms with Crippen LogP contribution in [0.1, 0.15) is 16.5 Å². The number of piperazine rings is 1. The first-order valence-electron chi connectivity index (χ1n) is 6.69. The van der Waals surface area contributed by atoms with Gasteiger partial charge in [-0.15, -0.1) is 36.2 Å². The fraction of sp³-hybridized carbons (Fsp3) is 0.333. The Hall–Kier alpha value is -0.170. The van der Waals surface area contributed by atoms with Gasteiger partial charge in [-0.2, -0.15) is 0 Å². The lowest BCUT2D eigenvalue weighted by Crippen LogP contribution is -2.45. The van der Waals surface area contributed by atoms with Gasteiger partial charge in [-0.25, -0.2) is 4.39 Å². The molecule has 0 spiro atoms. The number of hydrogen-bond acceptors (Lipinski definition) is 3. The molecule has 1 fully saturated rings. The highest BCUT2D eigenvalue weighted by molar-refractivity contribution is 9.10. The Bertz CT molecular complexity index is 577. The van der Waals surface area contributed by atoms with E-state index in [4.69, 9.17) is 0 Å². The first kappa shape index (κ1) is 19.9. The molecular weight excluding hydrogens is 410 g/mol. The zero-order valence-corrected chi connectivity index (χ0v) is 15.8. The topological polar surface area (TPSA) is 15.3 Å². The lowest BCUT2D eigenvalue weighted by molar-refractivity contribution is 0.197. The molecule has 122 valence electrons. The van der Waals surface area contributed by atoms with Crippen LogP contribution in [0.15, 0.2) is 40.2 Å². The van der Waals surface area contributed by atoms with Crippen molar-refractivity contribution in [1.82, 2.24) is 10.2 Å². The van der Waals surface area contributed by atoms with Crippen molar-refractivity contribution in [1.29, 1.82) is 0 Å². The van der Waals surface area contributed by atoms with E-state index in [2.05, 4.69) is 37.6 Å². The molecule has 2 aromatic rings. The Balaban J connectivity index is 0.00000121. The molecule has 1 aliphatic heterocycles. The Morgan fingerprint density at radius 2 is 1.86 bits per heavy atom. The number of thiophene rings is 1. The van der Waals surface area contributed by atoms with Crippen molar-refractivity contribution in [2.24, 2.45) is 0 Å². The monoisotopic (exact) mass is 426 g/mol. The van der Waals surface area contributed by atoms with E-state index >= 15 is 0 Å². The van der Waals surface area contributed by atoms with Crippen molar-refractivity contribution in [3.63, 3.8) is 0 Å². The Kier molecular flexibility index (Phi) is 8.32. The number of rotatable bonds is 3. The molecule has 2 heterocycles. The summed E-state index contributed by atoms with van der Waals surface area (Å²) in [5.74, 6) is -0.149. The molecule has 1 saturated heterocycles. The summed E-state index contributed by atoms with van der Waals surface area (Å²) >= 11 is 4.99. The summed E-state index contributed by atoms with van der Waals surface area (Å²) in [5, 5.41) is 5.41. The van der Waals surface area contributed by atoms with Crippen LogP contribution in [-0.4, -0.2) is 31.1 Å². The SMILES string of the molecule is Cl.Cl.Fc1c(Br)cccc1[C@@H](c1cccs1)N1CCNCC1.